The summed E-state index contributed by atoms with van der Waals surface area (Å²) in [5.74, 6) is 0.169. The first-order valence-corrected chi connectivity index (χ1v) is 7.43. The molecule has 1 unspecified atom stereocenters. The molecule has 1 N–H and O–H groups in total. The van der Waals surface area contributed by atoms with Crippen LogP contribution in [0.2, 0.25) is 0 Å². The molecule has 2 rings (SSSR count). The molecule has 2 fully saturated rings. The van der Waals surface area contributed by atoms with E-state index in [1.165, 1.54) is 0 Å². The van der Waals surface area contributed by atoms with E-state index in [0.29, 0.717) is 6.04 Å². The minimum Gasteiger partial charge on any atom is -0.368 e. The Hall–Kier alpha value is -0.650. The first-order chi connectivity index (χ1) is 9.16. The molecule has 5 nitrogen and oxygen atoms in total. The molecule has 0 bridgehead atoms. The van der Waals surface area contributed by atoms with E-state index in [1.54, 1.807) is 0 Å². The summed E-state index contributed by atoms with van der Waals surface area (Å²) in [4.78, 5) is 16.4. The summed E-state index contributed by atoms with van der Waals surface area (Å²) in [6, 6.07) is 0.374. The van der Waals surface area contributed by atoms with Crippen molar-refractivity contribution in [3.8, 4) is 0 Å². The van der Waals surface area contributed by atoms with Crippen molar-refractivity contribution in [2.45, 2.75) is 37.8 Å². The zero-order valence-electron chi connectivity index (χ0n) is 12.2. The van der Waals surface area contributed by atoms with Crippen molar-refractivity contribution in [2.75, 3.05) is 46.9 Å². The van der Waals surface area contributed by atoms with Crippen LogP contribution in [0.1, 0.15) is 25.7 Å². The second-order valence-corrected chi connectivity index (χ2v) is 5.91. The Bertz CT molecular complexity index is 290. The van der Waals surface area contributed by atoms with Crippen LogP contribution in [-0.2, 0) is 9.53 Å². The second-order valence-electron chi connectivity index (χ2n) is 5.91. The maximum Gasteiger partial charge on any atom is 0.248 e. The van der Waals surface area contributed by atoms with Crippen LogP contribution in [0.5, 0.6) is 0 Å². The molecular weight excluding hydrogens is 242 g/mol. The Morgan fingerprint density at radius 3 is 2.74 bits per heavy atom. The maximum absolute atomic E-state index is 12.2. The predicted molar refractivity (Wildman–Crippen MR) is 75.1 cm³/mol. The van der Waals surface area contributed by atoms with E-state index in [4.69, 9.17) is 4.74 Å². The Balaban J connectivity index is 1.75. The number of carbonyl (C=O) groups excluding carboxylic acids is 1. The molecule has 2 aliphatic heterocycles. The van der Waals surface area contributed by atoms with Crippen LogP contribution in [0.15, 0.2) is 0 Å². The number of amides is 1. The zero-order valence-corrected chi connectivity index (χ0v) is 12.2. The standard InChI is InChI=1S/C14H27N3O2/c1-16(2)10-12-4-3-9-17(12)14(18)11-19-13-5-7-15-8-6-13/h12-13,15H,3-11H2,1-2H3. The molecule has 19 heavy (non-hydrogen) atoms. The van der Waals surface area contributed by atoms with Crippen LogP contribution < -0.4 is 5.32 Å². The van der Waals surface area contributed by atoms with Crippen LogP contribution in [0.4, 0.5) is 0 Å². The number of likely N-dealkylation sites (tertiary alicyclic amines) is 1. The second kappa shape index (κ2) is 7.22. The molecule has 0 aromatic rings. The van der Waals surface area contributed by atoms with Gasteiger partial charge < -0.3 is 19.9 Å². The van der Waals surface area contributed by atoms with E-state index >= 15 is 0 Å². The first-order valence-electron chi connectivity index (χ1n) is 7.43. The van der Waals surface area contributed by atoms with Crippen molar-refractivity contribution in [1.82, 2.24) is 15.1 Å². The number of nitrogens with one attached hydrogen (secondary N) is 1. The van der Waals surface area contributed by atoms with Gasteiger partial charge in [0.05, 0.1) is 6.10 Å². The lowest BCUT2D eigenvalue weighted by atomic mass is 10.1. The van der Waals surface area contributed by atoms with Gasteiger partial charge >= 0.3 is 0 Å². The molecule has 0 radical (unpaired) electrons. The monoisotopic (exact) mass is 269 g/mol. The lowest BCUT2D eigenvalue weighted by Gasteiger charge is -2.28. The lowest BCUT2D eigenvalue weighted by molar-refractivity contribution is -0.139. The number of ether oxygens (including phenoxy) is 1. The zero-order chi connectivity index (χ0) is 13.7. The summed E-state index contributed by atoms with van der Waals surface area (Å²) in [7, 11) is 4.12. The maximum atomic E-state index is 12.2. The molecule has 0 aliphatic carbocycles. The number of likely N-dealkylation sites (N-methyl/N-ethyl adjacent to an activating group) is 1. The molecule has 2 saturated heterocycles. The van der Waals surface area contributed by atoms with Crippen molar-refractivity contribution >= 4 is 5.91 Å². The summed E-state index contributed by atoms with van der Waals surface area (Å²) in [5.41, 5.74) is 0. The number of hydrogen-bond acceptors (Lipinski definition) is 4. The van der Waals surface area contributed by atoms with Gasteiger partial charge in [-0.1, -0.05) is 0 Å². The van der Waals surface area contributed by atoms with E-state index < -0.39 is 0 Å². The quantitative estimate of drug-likeness (QED) is 0.780. The normalized spacial score (nSPS) is 25.2. The van der Waals surface area contributed by atoms with Gasteiger partial charge in [0.1, 0.15) is 6.61 Å². The smallest absolute Gasteiger partial charge is 0.248 e. The molecule has 0 spiro atoms. The fourth-order valence-electron chi connectivity index (χ4n) is 3.01. The molecule has 2 heterocycles. The highest BCUT2D eigenvalue weighted by molar-refractivity contribution is 5.78. The SMILES string of the molecule is CN(C)CC1CCCN1C(=O)COC1CCNCC1. The Morgan fingerprint density at radius 2 is 2.05 bits per heavy atom. The Kier molecular flexibility index (Phi) is 5.60. The van der Waals surface area contributed by atoms with Crippen LogP contribution in [0, 0.1) is 0 Å². The fraction of sp³-hybridized carbons (Fsp3) is 0.929. The number of carbonyl (C=O) groups is 1. The number of nitrogens with zero attached hydrogens (tertiary/aromatic N) is 2. The van der Waals surface area contributed by atoms with Gasteiger partial charge in [0.2, 0.25) is 5.91 Å². The van der Waals surface area contributed by atoms with Gasteiger partial charge in [0.15, 0.2) is 0 Å². The third-order valence-electron chi connectivity index (χ3n) is 4.00. The summed E-state index contributed by atoms with van der Waals surface area (Å²) < 4.78 is 5.77. The minimum absolute atomic E-state index is 0.169. The summed E-state index contributed by atoms with van der Waals surface area (Å²) in [5, 5.41) is 3.31. The molecular formula is C14H27N3O2. The molecule has 0 aromatic carbocycles. The van der Waals surface area contributed by atoms with Crippen molar-refractivity contribution in [3.05, 3.63) is 0 Å². The third-order valence-corrected chi connectivity index (χ3v) is 4.00. The van der Waals surface area contributed by atoms with Gasteiger partial charge in [-0.15, -0.1) is 0 Å². The van der Waals surface area contributed by atoms with E-state index in [0.717, 1.165) is 51.9 Å². The van der Waals surface area contributed by atoms with Crippen LogP contribution in [0.3, 0.4) is 0 Å². The summed E-state index contributed by atoms with van der Waals surface area (Å²) in [6.07, 6.45) is 4.55. The fourth-order valence-corrected chi connectivity index (χ4v) is 3.01. The van der Waals surface area contributed by atoms with Crippen molar-refractivity contribution < 1.29 is 9.53 Å². The van der Waals surface area contributed by atoms with Crippen molar-refractivity contribution in [2.24, 2.45) is 0 Å². The average molecular weight is 269 g/mol. The van der Waals surface area contributed by atoms with Gasteiger partial charge in [-0.3, -0.25) is 4.79 Å². The molecule has 1 atom stereocenters. The number of piperidine rings is 1. The predicted octanol–water partition coefficient (Wildman–Crippen LogP) is 0.308. The first kappa shape index (κ1) is 14.8. The number of rotatable bonds is 5. The third kappa shape index (κ3) is 4.44. The molecule has 1 amide bonds. The van der Waals surface area contributed by atoms with Gasteiger partial charge in [-0.05, 0) is 52.9 Å². The lowest BCUT2D eigenvalue weighted by Crippen LogP contribution is -2.44. The van der Waals surface area contributed by atoms with E-state index in [-0.39, 0.29) is 18.6 Å². The van der Waals surface area contributed by atoms with E-state index in [1.807, 2.05) is 4.90 Å². The van der Waals surface area contributed by atoms with Crippen molar-refractivity contribution in [1.29, 1.82) is 0 Å². The van der Waals surface area contributed by atoms with Gasteiger partial charge in [0, 0.05) is 19.1 Å². The molecule has 0 saturated carbocycles. The van der Waals surface area contributed by atoms with E-state index in [9.17, 15) is 4.79 Å². The van der Waals surface area contributed by atoms with Crippen LogP contribution >= 0.6 is 0 Å². The van der Waals surface area contributed by atoms with Gasteiger partial charge in [-0.25, -0.2) is 0 Å². The molecule has 110 valence electrons. The van der Waals surface area contributed by atoms with Crippen LogP contribution in [-0.4, -0.2) is 74.7 Å². The van der Waals surface area contributed by atoms with Crippen molar-refractivity contribution in [3.63, 3.8) is 0 Å². The van der Waals surface area contributed by atoms with Crippen LogP contribution in [0.25, 0.3) is 0 Å². The Morgan fingerprint density at radius 1 is 1.32 bits per heavy atom. The molecule has 5 heteroatoms. The molecule has 2 aliphatic rings. The number of hydrogen-bond donors (Lipinski definition) is 1. The summed E-state index contributed by atoms with van der Waals surface area (Å²) >= 11 is 0. The average Bonchev–Trinajstić information content (AvgIpc) is 2.84. The Labute approximate surface area is 116 Å². The topological polar surface area (TPSA) is 44.8 Å². The van der Waals surface area contributed by atoms with Gasteiger partial charge in [0.25, 0.3) is 0 Å². The summed E-state index contributed by atoms with van der Waals surface area (Å²) in [6.45, 7) is 4.12. The highest BCUT2D eigenvalue weighted by Gasteiger charge is 2.29. The highest BCUT2D eigenvalue weighted by Crippen LogP contribution is 2.18. The highest BCUT2D eigenvalue weighted by atomic mass is 16.5. The largest absolute Gasteiger partial charge is 0.368 e. The van der Waals surface area contributed by atoms with Gasteiger partial charge in [-0.2, -0.15) is 0 Å². The van der Waals surface area contributed by atoms with E-state index in [2.05, 4.69) is 24.3 Å². The minimum atomic E-state index is 0.169. The molecule has 0 aromatic heterocycles.